The third-order valence-corrected chi connectivity index (χ3v) is 4.59. The summed E-state index contributed by atoms with van der Waals surface area (Å²) >= 11 is 1.43. The summed E-state index contributed by atoms with van der Waals surface area (Å²) in [6, 6.07) is 3.91. The smallest absolute Gasteiger partial charge is 0.223 e. The first-order valence-corrected chi connectivity index (χ1v) is 7.56. The molecule has 2 rings (SSSR count). The van der Waals surface area contributed by atoms with Crippen molar-refractivity contribution in [2.75, 3.05) is 13.1 Å². The van der Waals surface area contributed by atoms with Crippen LogP contribution >= 0.6 is 11.3 Å². The minimum absolute atomic E-state index is 0.0607. The van der Waals surface area contributed by atoms with Crippen molar-refractivity contribution in [3.05, 3.63) is 22.4 Å². The molecule has 0 aliphatic carbocycles. The van der Waals surface area contributed by atoms with Crippen molar-refractivity contribution < 1.29 is 9.59 Å². The number of carbonyl (C=O) groups excluding carboxylic acids is 2. The molecule has 1 amide bonds. The van der Waals surface area contributed by atoms with Crippen LogP contribution in [-0.2, 0) is 4.79 Å². The number of hydrogen-bond acceptors (Lipinski definition) is 4. The van der Waals surface area contributed by atoms with Crippen molar-refractivity contribution in [1.29, 1.82) is 0 Å². The molecule has 2 atom stereocenters. The van der Waals surface area contributed by atoms with Crippen LogP contribution < -0.4 is 5.73 Å². The van der Waals surface area contributed by atoms with Crippen molar-refractivity contribution in [2.45, 2.75) is 32.2 Å². The number of thiophene rings is 1. The van der Waals surface area contributed by atoms with Gasteiger partial charge in [-0.05, 0) is 37.3 Å². The molecule has 2 N–H and O–H groups in total. The summed E-state index contributed by atoms with van der Waals surface area (Å²) in [5, 5.41) is 1.88. The molecule has 0 saturated carbocycles. The lowest BCUT2D eigenvalue weighted by Crippen LogP contribution is -2.34. The zero-order valence-corrected chi connectivity index (χ0v) is 12.0. The number of nitrogens with two attached hydrogens (primary N) is 1. The van der Waals surface area contributed by atoms with E-state index in [-0.39, 0.29) is 17.7 Å². The number of hydrogen-bond donors (Lipinski definition) is 1. The largest absolute Gasteiger partial charge is 0.340 e. The Hall–Kier alpha value is -1.20. The van der Waals surface area contributed by atoms with Crippen LogP contribution in [0.1, 0.15) is 35.9 Å². The number of rotatable bonds is 5. The molecule has 104 valence electrons. The highest BCUT2D eigenvalue weighted by Crippen LogP contribution is 2.23. The predicted octanol–water partition coefficient (Wildman–Crippen LogP) is 1.91. The van der Waals surface area contributed by atoms with Crippen molar-refractivity contribution in [1.82, 2.24) is 4.90 Å². The van der Waals surface area contributed by atoms with Gasteiger partial charge in [-0.15, -0.1) is 11.3 Å². The molecule has 0 aromatic carbocycles. The molecule has 1 aromatic heterocycles. The Bertz CT molecular complexity index is 444. The maximum atomic E-state index is 12.1. The number of carbonyl (C=O) groups is 2. The minimum atomic E-state index is 0.0607. The predicted molar refractivity (Wildman–Crippen MR) is 76.2 cm³/mol. The van der Waals surface area contributed by atoms with Gasteiger partial charge in [0.05, 0.1) is 4.88 Å². The standard InChI is InChI=1S/C14H20N2O2S/c1-10-7-11(8-15)9-16(10)14(18)5-4-12(17)13-3-2-6-19-13/h2-3,6,10-11H,4-5,7-9,15H2,1H3. The summed E-state index contributed by atoms with van der Waals surface area (Å²) in [5.41, 5.74) is 5.65. The van der Waals surface area contributed by atoms with Gasteiger partial charge in [0.15, 0.2) is 5.78 Å². The van der Waals surface area contributed by atoms with E-state index in [1.807, 2.05) is 16.3 Å². The highest BCUT2D eigenvalue weighted by molar-refractivity contribution is 7.12. The van der Waals surface area contributed by atoms with Gasteiger partial charge in [0.2, 0.25) is 5.91 Å². The highest BCUT2D eigenvalue weighted by Gasteiger charge is 2.31. The topological polar surface area (TPSA) is 63.4 Å². The van der Waals surface area contributed by atoms with Crippen LogP contribution in [0.15, 0.2) is 17.5 Å². The fourth-order valence-electron chi connectivity index (χ4n) is 2.59. The highest BCUT2D eigenvalue weighted by atomic mass is 32.1. The SMILES string of the molecule is CC1CC(CN)CN1C(=O)CCC(=O)c1cccs1. The lowest BCUT2D eigenvalue weighted by atomic mass is 10.1. The first kappa shape index (κ1) is 14.2. The van der Waals surface area contributed by atoms with Crippen LogP contribution in [0.3, 0.4) is 0 Å². The molecule has 1 aliphatic rings. The van der Waals surface area contributed by atoms with Gasteiger partial charge in [-0.2, -0.15) is 0 Å². The molecule has 2 unspecified atom stereocenters. The molecule has 5 heteroatoms. The van der Waals surface area contributed by atoms with Crippen molar-refractivity contribution in [3.63, 3.8) is 0 Å². The quantitative estimate of drug-likeness (QED) is 0.838. The summed E-state index contributed by atoms with van der Waals surface area (Å²) in [6.07, 6.45) is 1.58. The fourth-order valence-corrected chi connectivity index (χ4v) is 3.28. The maximum Gasteiger partial charge on any atom is 0.223 e. The summed E-state index contributed by atoms with van der Waals surface area (Å²) in [5.74, 6) is 0.547. The lowest BCUT2D eigenvalue weighted by molar-refractivity contribution is -0.131. The fraction of sp³-hybridized carbons (Fsp3) is 0.571. The first-order chi connectivity index (χ1) is 9.11. The van der Waals surface area contributed by atoms with E-state index in [9.17, 15) is 9.59 Å². The van der Waals surface area contributed by atoms with Gasteiger partial charge in [0.1, 0.15) is 0 Å². The summed E-state index contributed by atoms with van der Waals surface area (Å²) in [7, 11) is 0. The second-order valence-electron chi connectivity index (χ2n) is 5.13. The van der Waals surface area contributed by atoms with Gasteiger partial charge in [0.25, 0.3) is 0 Å². The first-order valence-electron chi connectivity index (χ1n) is 6.68. The Morgan fingerprint density at radius 1 is 1.47 bits per heavy atom. The third kappa shape index (κ3) is 3.42. The maximum absolute atomic E-state index is 12.1. The molecule has 1 saturated heterocycles. The van der Waals surface area contributed by atoms with Crippen LogP contribution in [0.5, 0.6) is 0 Å². The molecule has 19 heavy (non-hydrogen) atoms. The Kier molecular flexibility index (Phi) is 4.71. The Labute approximate surface area is 117 Å². The number of likely N-dealkylation sites (tertiary alicyclic amines) is 1. The van der Waals surface area contributed by atoms with E-state index in [1.54, 1.807) is 6.07 Å². The van der Waals surface area contributed by atoms with Gasteiger partial charge in [-0.3, -0.25) is 9.59 Å². The molecular formula is C14H20N2O2S. The van der Waals surface area contributed by atoms with E-state index >= 15 is 0 Å². The Balaban J connectivity index is 1.83. The molecule has 0 spiro atoms. The normalized spacial score (nSPS) is 22.7. The van der Waals surface area contributed by atoms with E-state index in [1.165, 1.54) is 11.3 Å². The number of Topliss-reactive ketones (excluding diaryl/α,β-unsaturated/α-hetero) is 1. The van der Waals surface area contributed by atoms with Gasteiger partial charge < -0.3 is 10.6 Å². The van der Waals surface area contributed by atoms with Gasteiger partial charge in [-0.25, -0.2) is 0 Å². The zero-order chi connectivity index (χ0) is 13.8. The number of amides is 1. The minimum Gasteiger partial charge on any atom is -0.340 e. The summed E-state index contributed by atoms with van der Waals surface area (Å²) in [6.45, 7) is 3.42. The monoisotopic (exact) mass is 280 g/mol. The average Bonchev–Trinajstić information content (AvgIpc) is 3.04. The third-order valence-electron chi connectivity index (χ3n) is 3.68. The second kappa shape index (κ2) is 6.30. The van der Waals surface area contributed by atoms with E-state index in [0.29, 0.717) is 25.3 Å². The van der Waals surface area contributed by atoms with Crippen LogP contribution in [0.25, 0.3) is 0 Å². The molecular weight excluding hydrogens is 260 g/mol. The van der Waals surface area contributed by atoms with E-state index in [4.69, 9.17) is 5.73 Å². The average molecular weight is 280 g/mol. The van der Waals surface area contributed by atoms with Gasteiger partial charge in [-0.1, -0.05) is 6.07 Å². The van der Waals surface area contributed by atoms with Crippen molar-refractivity contribution in [3.8, 4) is 0 Å². The van der Waals surface area contributed by atoms with E-state index < -0.39 is 0 Å². The number of nitrogens with zero attached hydrogens (tertiary/aromatic N) is 1. The molecule has 4 nitrogen and oxygen atoms in total. The second-order valence-corrected chi connectivity index (χ2v) is 6.08. The van der Waals surface area contributed by atoms with Gasteiger partial charge >= 0.3 is 0 Å². The molecule has 1 aliphatic heterocycles. The van der Waals surface area contributed by atoms with Crippen LogP contribution in [0, 0.1) is 5.92 Å². The molecule has 0 radical (unpaired) electrons. The number of ketones is 1. The van der Waals surface area contributed by atoms with E-state index in [2.05, 4.69) is 6.92 Å². The van der Waals surface area contributed by atoms with Crippen LogP contribution in [0.2, 0.25) is 0 Å². The lowest BCUT2D eigenvalue weighted by Gasteiger charge is -2.21. The van der Waals surface area contributed by atoms with Crippen molar-refractivity contribution >= 4 is 23.0 Å². The summed E-state index contributed by atoms with van der Waals surface area (Å²) < 4.78 is 0. The molecule has 1 aromatic rings. The molecule has 1 fully saturated rings. The van der Waals surface area contributed by atoms with Gasteiger partial charge in [0, 0.05) is 25.4 Å². The van der Waals surface area contributed by atoms with E-state index in [0.717, 1.165) is 17.8 Å². The summed E-state index contributed by atoms with van der Waals surface area (Å²) in [4.78, 5) is 26.6. The van der Waals surface area contributed by atoms with Crippen LogP contribution in [0.4, 0.5) is 0 Å². The van der Waals surface area contributed by atoms with Crippen LogP contribution in [-0.4, -0.2) is 35.7 Å². The molecule has 2 heterocycles. The van der Waals surface area contributed by atoms with Crippen molar-refractivity contribution in [2.24, 2.45) is 11.7 Å². The Morgan fingerprint density at radius 2 is 2.26 bits per heavy atom. The Morgan fingerprint density at radius 3 is 2.84 bits per heavy atom. The zero-order valence-electron chi connectivity index (χ0n) is 11.2. The molecule has 0 bridgehead atoms.